The number of benzene rings is 1. The lowest BCUT2D eigenvalue weighted by atomic mass is 9.83. The van der Waals surface area contributed by atoms with Gasteiger partial charge in [0.1, 0.15) is 5.75 Å². The predicted octanol–water partition coefficient (Wildman–Crippen LogP) is 2.86. The molecule has 0 aliphatic heterocycles. The molecule has 3 nitrogen and oxygen atoms in total. The van der Waals surface area contributed by atoms with Crippen molar-refractivity contribution in [2.45, 2.75) is 24.1 Å². The highest BCUT2D eigenvalue weighted by molar-refractivity contribution is 7.17. The van der Waals surface area contributed by atoms with Gasteiger partial charge >= 0.3 is 0 Å². The third kappa shape index (κ3) is 4.54. The molecule has 0 spiro atoms. The van der Waals surface area contributed by atoms with Crippen molar-refractivity contribution in [1.29, 1.82) is 0 Å². The van der Waals surface area contributed by atoms with Crippen LogP contribution in [-0.4, -0.2) is 30.0 Å². The van der Waals surface area contributed by atoms with Crippen LogP contribution in [0.4, 0.5) is 0 Å². The Morgan fingerprint density at radius 1 is 1.41 bits per heavy atom. The Labute approximate surface area is 135 Å². The molecule has 120 valence electrons. The maximum atomic E-state index is 11.1. The maximum Gasteiger partial charge on any atom is 0.118 e. The van der Waals surface area contributed by atoms with E-state index >= 15 is 0 Å². The van der Waals surface area contributed by atoms with Gasteiger partial charge in [0, 0.05) is 12.2 Å². The Bertz CT molecular complexity index is 524. The van der Waals surface area contributed by atoms with Crippen molar-refractivity contribution >= 4 is 9.24 Å². The lowest BCUT2D eigenvalue weighted by Crippen LogP contribution is -2.44. The standard InChI is InChI=1S/C18H26NO2P/c1-4-6-15(5-2)18(20,17(22)13-19)12-11-14-7-9-16(21-3)10-8-14/h4-10,17,20H,1-2,11-13,19,22H2,3H3/b15-6+. The minimum Gasteiger partial charge on any atom is -0.497 e. The molecule has 22 heavy (non-hydrogen) atoms. The highest BCUT2D eigenvalue weighted by Gasteiger charge is 2.35. The fraction of sp³-hybridized carbons (Fsp3) is 0.333. The number of allylic oxidation sites excluding steroid dienone is 2. The fourth-order valence-electron chi connectivity index (χ4n) is 2.38. The van der Waals surface area contributed by atoms with Crippen molar-refractivity contribution in [3.8, 4) is 5.75 Å². The first-order chi connectivity index (χ1) is 10.5. The van der Waals surface area contributed by atoms with E-state index in [0.717, 1.165) is 23.3 Å². The van der Waals surface area contributed by atoms with E-state index in [-0.39, 0.29) is 5.66 Å². The summed E-state index contributed by atoms with van der Waals surface area (Å²) in [5.41, 5.74) is 6.44. The van der Waals surface area contributed by atoms with E-state index in [0.29, 0.717) is 13.0 Å². The van der Waals surface area contributed by atoms with Crippen LogP contribution in [0.5, 0.6) is 5.75 Å². The summed E-state index contributed by atoms with van der Waals surface area (Å²) in [6.07, 6.45) is 6.39. The SMILES string of the molecule is C=C/C=C(\C=C)C(O)(CCc1ccc(OC)cc1)C(P)CN. The summed E-state index contributed by atoms with van der Waals surface area (Å²) >= 11 is 0. The average Bonchev–Trinajstić information content (AvgIpc) is 2.57. The first kappa shape index (κ1) is 18.6. The molecule has 3 N–H and O–H groups in total. The summed E-state index contributed by atoms with van der Waals surface area (Å²) < 4.78 is 5.16. The van der Waals surface area contributed by atoms with E-state index in [1.54, 1.807) is 25.3 Å². The fourth-order valence-corrected chi connectivity index (χ4v) is 2.74. The molecule has 4 heteroatoms. The Morgan fingerprint density at radius 3 is 2.50 bits per heavy atom. The van der Waals surface area contributed by atoms with Gasteiger partial charge in [0.2, 0.25) is 0 Å². The largest absolute Gasteiger partial charge is 0.497 e. The number of hydrogen-bond acceptors (Lipinski definition) is 3. The van der Waals surface area contributed by atoms with Crippen LogP contribution in [0, 0.1) is 0 Å². The highest BCUT2D eigenvalue weighted by atomic mass is 31.0. The molecule has 1 aromatic carbocycles. The molecular weight excluding hydrogens is 293 g/mol. The van der Waals surface area contributed by atoms with Crippen molar-refractivity contribution in [2.24, 2.45) is 5.73 Å². The zero-order chi connectivity index (χ0) is 16.6. The van der Waals surface area contributed by atoms with Gasteiger partial charge in [-0.2, -0.15) is 0 Å². The first-order valence-electron chi connectivity index (χ1n) is 7.28. The maximum absolute atomic E-state index is 11.1. The van der Waals surface area contributed by atoms with Crippen molar-refractivity contribution in [2.75, 3.05) is 13.7 Å². The third-order valence-electron chi connectivity index (χ3n) is 3.84. The first-order valence-corrected chi connectivity index (χ1v) is 7.95. The Morgan fingerprint density at radius 2 is 2.05 bits per heavy atom. The predicted molar refractivity (Wildman–Crippen MR) is 97.3 cm³/mol. The summed E-state index contributed by atoms with van der Waals surface area (Å²) in [6.45, 7) is 7.86. The number of rotatable bonds is 9. The molecule has 0 saturated heterocycles. The van der Waals surface area contributed by atoms with E-state index in [1.807, 2.05) is 24.3 Å². The van der Waals surface area contributed by atoms with Crippen LogP contribution in [0.15, 0.2) is 61.2 Å². The summed E-state index contributed by atoms with van der Waals surface area (Å²) in [4.78, 5) is 0. The van der Waals surface area contributed by atoms with E-state index in [1.165, 1.54) is 0 Å². The van der Waals surface area contributed by atoms with Crippen molar-refractivity contribution < 1.29 is 9.84 Å². The van der Waals surface area contributed by atoms with Gasteiger partial charge in [-0.1, -0.05) is 43.5 Å². The second-order valence-corrected chi connectivity index (χ2v) is 5.98. The van der Waals surface area contributed by atoms with Crippen LogP contribution >= 0.6 is 9.24 Å². The van der Waals surface area contributed by atoms with Crippen molar-refractivity contribution in [3.63, 3.8) is 0 Å². The second-order valence-electron chi connectivity index (χ2n) is 5.18. The Hall–Kier alpha value is -1.41. The van der Waals surface area contributed by atoms with E-state index in [9.17, 15) is 5.11 Å². The molecule has 0 aromatic heterocycles. The molecular formula is C18H26NO2P. The van der Waals surface area contributed by atoms with Gasteiger partial charge < -0.3 is 15.6 Å². The van der Waals surface area contributed by atoms with Gasteiger partial charge in [0.15, 0.2) is 0 Å². The lowest BCUT2D eigenvalue weighted by Gasteiger charge is -2.35. The molecule has 0 fully saturated rings. The molecule has 1 rings (SSSR count). The molecule has 0 aliphatic rings. The molecule has 0 heterocycles. The second kappa shape index (κ2) is 8.89. The van der Waals surface area contributed by atoms with Gasteiger partial charge in [-0.25, -0.2) is 0 Å². The highest BCUT2D eigenvalue weighted by Crippen LogP contribution is 2.32. The molecule has 0 aliphatic carbocycles. The number of nitrogens with two attached hydrogens (primary N) is 1. The average molecular weight is 319 g/mol. The summed E-state index contributed by atoms with van der Waals surface area (Å²) in [7, 11) is 4.28. The topological polar surface area (TPSA) is 55.5 Å². The number of aliphatic hydroxyl groups is 1. The quantitative estimate of drug-likeness (QED) is 0.543. The molecule has 0 radical (unpaired) electrons. The van der Waals surface area contributed by atoms with Crippen molar-refractivity contribution in [3.05, 3.63) is 66.8 Å². The molecule has 0 bridgehead atoms. The zero-order valence-corrected chi connectivity index (χ0v) is 14.3. The number of aryl methyl sites for hydroxylation is 1. The van der Waals surface area contributed by atoms with Gasteiger partial charge in [-0.05, 0) is 36.1 Å². The summed E-state index contributed by atoms with van der Waals surface area (Å²) in [5.74, 6) is 0.822. The molecule has 1 aromatic rings. The normalized spacial score (nSPS) is 15.7. The Kier molecular flexibility index (Phi) is 7.53. The Balaban J connectivity index is 2.95. The third-order valence-corrected chi connectivity index (χ3v) is 4.66. The van der Waals surface area contributed by atoms with Crippen LogP contribution in [0.2, 0.25) is 0 Å². The molecule has 0 saturated carbocycles. The van der Waals surface area contributed by atoms with Crippen LogP contribution in [0.1, 0.15) is 12.0 Å². The van der Waals surface area contributed by atoms with E-state index in [2.05, 4.69) is 22.4 Å². The van der Waals surface area contributed by atoms with Crippen LogP contribution in [0.3, 0.4) is 0 Å². The van der Waals surface area contributed by atoms with Gasteiger partial charge in [-0.3, -0.25) is 0 Å². The van der Waals surface area contributed by atoms with Crippen LogP contribution in [-0.2, 0) is 6.42 Å². The lowest BCUT2D eigenvalue weighted by molar-refractivity contribution is 0.0719. The van der Waals surface area contributed by atoms with E-state index < -0.39 is 5.60 Å². The molecule has 0 amide bonds. The van der Waals surface area contributed by atoms with Crippen molar-refractivity contribution in [1.82, 2.24) is 0 Å². The summed E-state index contributed by atoms with van der Waals surface area (Å²) in [5, 5.41) is 11.1. The van der Waals surface area contributed by atoms with Gasteiger partial charge in [0.25, 0.3) is 0 Å². The van der Waals surface area contributed by atoms with Gasteiger partial charge in [-0.15, -0.1) is 9.24 Å². The number of ether oxygens (including phenoxy) is 1. The smallest absolute Gasteiger partial charge is 0.118 e. The number of methoxy groups -OCH3 is 1. The minimum atomic E-state index is -1.05. The molecule has 3 unspecified atom stereocenters. The van der Waals surface area contributed by atoms with Gasteiger partial charge in [0.05, 0.1) is 12.7 Å². The zero-order valence-electron chi connectivity index (χ0n) is 13.2. The van der Waals surface area contributed by atoms with Crippen LogP contribution < -0.4 is 10.5 Å². The minimum absolute atomic E-state index is 0.157. The molecule has 3 atom stereocenters. The van der Waals surface area contributed by atoms with Crippen LogP contribution in [0.25, 0.3) is 0 Å². The number of hydrogen-bond donors (Lipinski definition) is 2. The van der Waals surface area contributed by atoms with E-state index in [4.69, 9.17) is 10.5 Å². The summed E-state index contributed by atoms with van der Waals surface area (Å²) in [6, 6.07) is 7.85. The monoisotopic (exact) mass is 319 g/mol.